The molecule has 3 heteroatoms. The summed E-state index contributed by atoms with van der Waals surface area (Å²) in [4.78, 5) is 5.05. The fourth-order valence-electron chi connectivity index (χ4n) is 0.234. The maximum Gasteiger partial charge on any atom is 0.0830 e. The maximum absolute atomic E-state index is 5.05. The summed E-state index contributed by atoms with van der Waals surface area (Å²) in [5.41, 5.74) is 6.13. The molecule has 0 heterocycles. The molecule has 1 N–H and O–H groups in total. The van der Waals surface area contributed by atoms with Crippen LogP contribution in [0, 0.1) is 0 Å². The predicted octanol–water partition coefficient (Wildman–Crippen LogP) is 0.845. The number of rotatable bonds is 3. The minimum absolute atomic E-state index is 0.154. The van der Waals surface area contributed by atoms with E-state index in [0.717, 1.165) is 6.54 Å². The Morgan fingerprint density at radius 3 is 2.33 bits per heavy atom. The zero-order valence-electron chi connectivity index (χ0n) is 6.56. The van der Waals surface area contributed by atoms with Crippen LogP contribution >= 0.6 is 0 Å². The predicted molar refractivity (Wildman–Crippen MR) is 36.6 cm³/mol. The van der Waals surface area contributed by atoms with Crippen LogP contribution in [0.25, 0.3) is 0 Å². The molecule has 3 nitrogen and oxygen atoms in total. The SMILES string of the molecule is CC[N]NOC(C)(C)C. The Balaban J connectivity index is 3.07. The number of nitrogens with zero attached hydrogens (tertiary/aromatic N) is 1. The maximum atomic E-state index is 5.05. The molecule has 0 aliphatic carbocycles. The normalized spacial score (nSPS) is 12.0. The molecule has 0 fully saturated rings. The Hall–Kier alpha value is -0.120. The van der Waals surface area contributed by atoms with Crippen molar-refractivity contribution in [2.75, 3.05) is 6.54 Å². The third-order valence-corrected chi connectivity index (χ3v) is 0.574. The lowest BCUT2D eigenvalue weighted by Crippen LogP contribution is -2.34. The Kier molecular flexibility index (Phi) is 3.77. The fraction of sp³-hybridized carbons (Fsp3) is 1.00. The van der Waals surface area contributed by atoms with E-state index in [9.17, 15) is 0 Å². The molecule has 0 saturated heterocycles. The van der Waals surface area contributed by atoms with Crippen LogP contribution in [0.4, 0.5) is 0 Å². The van der Waals surface area contributed by atoms with E-state index < -0.39 is 0 Å². The molecule has 0 saturated carbocycles. The van der Waals surface area contributed by atoms with E-state index in [2.05, 4.69) is 11.0 Å². The largest absolute Gasteiger partial charge is 0.280 e. The first-order valence-corrected chi connectivity index (χ1v) is 3.16. The summed E-state index contributed by atoms with van der Waals surface area (Å²) in [6.45, 7) is 8.57. The zero-order chi connectivity index (χ0) is 7.33. The molecule has 0 aliphatic rings. The third-order valence-electron chi connectivity index (χ3n) is 0.574. The quantitative estimate of drug-likeness (QED) is 0.455. The second-order valence-electron chi connectivity index (χ2n) is 2.78. The Morgan fingerprint density at radius 1 is 1.44 bits per heavy atom. The van der Waals surface area contributed by atoms with Gasteiger partial charge in [-0.15, -0.1) is 11.0 Å². The second-order valence-corrected chi connectivity index (χ2v) is 2.78. The van der Waals surface area contributed by atoms with Crippen molar-refractivity contribution >= 4 is 0 Å². The highest BCUT2D eigenvalue weighted by Crippen LogP contribution is 2.02. The summed E-state index contributed by atoms with van der Waals surface area (Å²) in [5, 5.41) is 0. The third kappa shape index (κ3) is 7.88. The zero-order valence-corrected chi connectivity index (χ0v) is 6.56. The van der Waals surface area contributed by atoms with Crippen molar-refractivity contribution in [3.8, 4) is 0 Å². The van der Waals surface area contributed by atoms with Crippen molar-refractivity contribution in [2.45, 2.75) is 33.3 Å². The van der Waals surface area contributed by atoms with E-state index >= 15 is 0 Å². The van der Waals surface area contributed by atoms with Gasteiger partial charge in [-0.1, -0.05) is 0 Å². The van der Waals surface area contributed by atoms with Crippen molar-refractivity contribution in [2.24, 2.45) is 0 Å². The summed E-state index contributed by atoms with van der Waals surface area (Å²) < 4.78 is 0. The Morgan fingerprint density at radius 2 is 2.00 bits per heavy atom. The van der Waals surface area contributed by atoms with E-state index in [0.29, 0.717) is 0 Å². The van der Waals surface area contributed by atoms with Crippen LogP contribution in [-0.4, -0.2) is 12.1 Å². The van der Waals surface area contributed by atoms with Gasteiger partial charge in [0.15, 0.2) is 0 Å². The minimum atomic E-state index is -0.154. The van der Waals surface area contributed by atoms with Crippen LogP contribution in [-0.2, 0) is 4.84 Å². The van der Waals surface area contributed by atoms with E-state index in [-0.39, 0.29) is 5.60 Å². The number of nitrogens with one attached hydrogen (secondary N) is 1. The molecule has 1 radical (unpaired) electrons. The smallest absolute Gasteiger partial charge is 0.0830 e. The van der Waals surface area contributed by atoms with Gasteiger partial charge in [-0.05, 0) is 27.7 Å². The van der Waals surface area contributed by atoms with E-state index in [1.165, 1.54) is 0 Å². The molecule has 0 unspecified atom stereocenters. The highest BCUT2D eigenvalue weighted by molar-refractivity contribution is 4.55. The number of hydrogen-bond donors (Lipinski definition) is 1. The van der Waals surface area contributed by atoms with Gasteiger partial charge < -0.3 is 0 Å². The topological polar surface area (TPSA) is 35.4 Å². The van der Waals surface area contributed by atoms with E-state index in [1.807, 2.05) is 27.7 Å². The molecule has 0 atom stereocenters. The van der Waals surface area contributed by atoms with Gasteiger partial charge in [0, 0.05) is 6.54 Å². The van der Waals surface area contributed by atoms with Gasteiger partial charge in [-0.25, -0.2) is 0 Å². The average molecular weight is 131 g/mol. The molecule has 0 spiro atoms. The molecule has 0 aliphatic heterocycles. The molecular weight excluding hydrogens is 116 g/mol. The van der Waals surface area contributed by atoms with Crippen molar-refractivity contribution in [1.29, 1.82) is 0 Å². The minimum Gasteiger partial charge on any atom is -0.280 e. The molecule has 0 amide bonds. The Bertz CT molecular complexity index is 67.9. The molecular formula is C6H15N2O. The van der Waals surface area contributed by atoms with E-state index in [4.69, 9.17) is 4.84 Å². The van der Waals surface area contributed by atoms with Crippen molar-refractivity contribution < 1.29 is 4.84 Å². The van der Waals surface area contributed by atoms with Crippen LogP contribution in [0.2, 0.25) is 0 Å². The first-order chi connectivity index (χ1) is 4.06. The van der Waals surface area contributed by atoms with Gasteiger partial charge in [-0.2, -0.15) is 0 Å². The molecule has 0 aromatic heterocycles. The van der Waals surface area contributed by atoms with Crippen molar-refractivity contribution in [3.05, 3.63) is 0 Å². The van der Waals surface area contributed by atoms with Crippen molar-refractivity contribution in [3.63, 3.8) is 0 Å². The summed E-state index contributed by atoms with van der Waals surface area (Å²) in [5.74, 6) is 0. The van der Waals surface area contributed by atoms with Crippen LogP contribution in [0.5, 0.6) is 0 Å². The van der Waals surface area contributed by atoms with Gasteiger partial charge in [0.05, 0.1) is 5.60 Å². The molecule has 0 aromatic carbocycles. The lowest BCUT2D eigenvalue weighted by atomic mass is 10.2. The molecule has 0 rings (SSSR count). The van der Waals surface area contributed by atoms with Crippen LogP contribution in [0.3, 0.4) is 0 Å². The lowest BCUT2D eigenvalue weighted by molar-refractivity contribution is -0.0938. The fourth-order valence-corrected chi connectivity index (χ4v) is 0.234. The lowest BCUT2D eigenvalue weighted by Gasteiger charge is -2.17. The first-order valence-electron chi connectivity index (χ1n) is 3.16. The monoisotopic (exact) mass is 131 g/mol. The molecule has 9 heavy (non-hydrogen) atoms. The van der Waals surface area contributed by atoms with Gasteiger partial charge in [-0.3, -0.25) is 4.84 Å². The van der Waals surface area contributed by atoms with Gasteiger partial charge >= 0.3 is 0 Å². The van der Waals surface area contributed by atoms with E-state index in [1.54, 1.807) is 0 Å². The highest BCUT2D eigenvalue weighted by Gasteiger charge is 2.08. The molecule has 55 valence electrons. The standard InChI is InChI=1S/C6H15N2O/c1-5-7-8-9-6(2,3)4/h8H,5H2,1-4H3. The summed E-state index contributed by atoms with van der Waals surface area (Å²) in [6, 6.07) is 0. The number of hydrogen-bond acceptors (Lipinski definition) is 2. The average Bonchev–Trinajstić information content (AvgIpc) is 1.63. The van der Waals surface area contributed by atoms with Crippen LogP contribution in [0.1, 0.15) is 27.7 Å². The first kappa shape index (κ1) is 8.88. The van der Waals surface area contributed by atoms with Gasteiger partial charge in [0.1, 0.15) is 0 Å². The second kappa shape index (κ2) is 3.82. The van der Waals surface area contributed by atoms with Crippen LogP contribution in [0.15, 0.2) is 0 Å². The van der Waals surface area contributed by atoms with Crippen LogP contribution < -0.4 is 11.0 Å². The summed E-state index contributed by atoms with van der Waals surface area (Å²) in [7, 11) is 0. The van der Waals surface area contributed by atoms with Crippen molar-refractivity contribution in [1.82, 2.24) is 11.0 Å². The Labute approximate surface area is 56.7 Å². The molecule has 0 aromatic rings. The summed E-state index contributed by atoms with van der Waals surface area (Å²) in [6.07, 6.45) is 0. The van der Waals surface area contributed by atoms with Gasteiger partial charge in [0.25, 0.3) is 0 Å². The molecule has 0 bridgehead atoms. The highest BCUT2D eigenvalue weighted by atomic mass is 16.7. The van der Waals surface area contributed by atoms with Gasteiger partial charge in [0.2, 0.25) is 0 Å². The summed E-state index contributed by atoms with van der Waals surface area (Å²) >= 11 is 0.